The molecular formula is C25H18Cl2N4O6S. The third-order valence-corrected chi connectivity index (χ3v) is 6.98. The van der Waals surface area contributed by atoms with Gasteiger partial charge in [-0.3, -0.25) is 24.3 Å². The molecule has 0 fully saturated rings. The Morgan fingerprint density at radius 1 is 1.11 bits per heavy atom. The molecule has 0 saturated heterocycles. The predicted molar refractivity (Wildman–Crippen MR) is 145 cm³/mol. The number of nitro benzene ring substituents is 1. The molecule has 1 aromatic heterocycles. The summed E-state index contributed by atoms with van der Waals surface area (Å²) in [6.45, 7) is 0. The number of carboxylic acid groups (broad SMARTS) is 1. The largest absolute Gasteiger partial charge is 0.480 e. The van der Waals surface area contributed by atoms with Crippen LogP contribution in [-0.2, 0) is 18.3 Å². The van der Waals surface area contributed by atoms with Crippen LogP contribution in [0.3, 0.4) is 0 Å². The molecule has 4 aromatic rings. The molecule has 4 rings (SSSR count). The lowest BCUT2D eigenvalue weighted by Gasteiger charge is -2.17. The van der Waals surface area contributed by atoms with Gasteiger partial charge in [0.2, 0.25) is 0 Å². The van der Waals surface area contributed by atoms with Gasteiger partial charge in [0.05, 0.1) is 37.1 Å². The van der Waals surface area contributed by atoms with Crippen molar-refractivity contribution in [2.75, 3.05) is 0 Å². The average Bonchev–Trinajstić information content (AvgIpc) is 2.87. The zero-order valence-corrected chi connectivity index (χ0v) is 21.9. The number of fused-ring (bicyclic) bond motifs is 1. The van der Waals surface area contributed by atoms with Crippen LogP contribution in [0.15, 0.2) is 65.5 Å². The molecule has 0 radical (unpaired) electrons. The van der Waals surface area contributed by atoms with Crippen molar-refractivity contribution >= 4 is 63.9 Å². The first-order valence-electron chi connectivity index (χ1n) is 11.0. The van der Waals surface area contributed by atoms with Crippen molar-refractivity contribution in [1.29, 1.82) is 0 Å². The van der Waals surface area contributed by atoms with Crippen molar-refractivity contribution in [2.45, 2.75) is 12.5 Å². The Morgan fingerprint density at radius 3 is 2.32 bits per heavy atom. The van der Waals surface area contributed by atoms with E-state index in [4.69, 9.17) is 35.4 Å². The van der Waals surface area contributed by atoms with Crippen molar-refractivity contribution in [3.8, 4) is 5.69 Å². The van der Waals surface area contributed by atoms with Gasteiger partial charge in [-0.1, -0.05) is 41.4 Å². The highest BCUT2D eigenvalue weighted by atomic mass is 35.5. The van der Waals surface area contributed by atoms with Gasteiger partial charge >= 0.3 is 5.97 Å². The first-order valence-corrected chi connectivity index (χ1v) is 12.1. The lowest BCUT2D eigenvalue weighted by Crippen LogP contribution is -2.42. The van der Waals surface area contributed by atoms with Crippen molar-refractivity contribution in [3.63, 3.8) is 0 Å². The van der Waals surface area contributed by atoms with Crippen LogP contribution in [0.1, 0.15) is 15.9 Å². The van der Waals surface area contributed by atoms with E-state index >= 15 is 0 Å². The summed E-state index contributed by atoms with van der Waals surface area (Å²) < 4.78 is 2.97. The van der Waals surface area contributed by atoms with Crippen LogP contribution < -0.4 is 10.9 Å². The highest BCUT2D eigenvalue weighted by Crippen LogP contribution is 2.24. The van der Waals surface area contributed by atoms with Crippen molar-refractivity contribution < 1.29 is 19.6 Å². The number of aromatic nitrogens is 2. The highest BCUT2D eigenvalue weighted by molar-refractivity contribution is 7.71. The van der Waals surface area contributed by atoms with Gasteiger partial charge in [-0.2, -0.15) is 0 Å². The number of carbonyl (C=O) groups is 2. The van der Waals surface area contributed by atoms with Crippen LogP contribution in [0.4, 0.5) is 5.69 Å². The Labute approximate surface area is 229 Å². The molecule has 1 heterocycles. The summed E-state index contributed by atoms with van der Waals surface area (Å²) in [6.07, 6.45) is -0.0727. The molecule has 1 atom stereocenters. The quantitative estimate of drug-likeness (QED) is 0.186. The Hall–Kier alpha value is -4.06. The van der Waals surface area contributed by atoms with E-state index in [1.807, 2.05) is 0 Å². The lowest BCUT2D eigenvalue weighted by molar-refractivity contribution is -0.384. The fourth-order valence-corrected chi connectivity index (χ4v) is 4.81. The number of aliphatic carboxylic acids is 1. The van der Waals surface area contributed by atoms with E-state index in [0.29, 0.717) is 16.8 Å². The molecule has 1 amide bonds. The van der Waals surface area contributed by atoms with Gasteiger partial charge < -0.3 is 15.0 Å². The van der Waals surface area contributed by atoms with Gasteiger partial charge in [-0.05, 0) is 48.1 Å². The zero-order valence-electron chi connectivity index (χ0n) is 19.6. The number of carboxylic acids is 1. The SMILES string of the molecule is Cn1c(=S)n(-c2ccc(CC(NC(=O)c3c(Cl)cccc3Cl)C(=O)O)cc2)c(=O)c2cc([N+](=O)[O-])ccc21. The van der Waals surface area contributed by atoms with Crippen LogP contribution in [0.2, 0.25) is 10.0 Å². The second-order valence-electron chi connectivity index (χ2n) is 8.27. The first kappa shape index (κ1) is 27.0. The molecule has 0 aliphatic carbocycles. The molecule has 38 heavy (non-hydrogen) atoms. The summed E-state index contributed by atoms with van der Waals surface area (Å²) >= 11 is 17.6. The summed E-state index contributed by atoms with van der Waals surface area (Å²) in [4.78, 5) is 48.4. The number of carbonyl (C=O) groups excluding carboxylic acids is 1. The average molecular weight is 573 g/mol. The van der Waals surface area contributed by atoms with Crippen molar-refractivity contribution in [2.24, 2.45) is 7.05 Å². The van der Waals surface area contributed by atoms with Crippen LogP contribution in [0.25, 0.3) is 16.6 Å². The lowest BCUT2D eigenvalue weighted by atomic mass is 10.0. The van der Waals surface area contributed by atoms with Gasteiger partial charge in [0.15, 0.2) is 4.77 Å². The molecule has 3 aromatic carbocycles. The Morgan fingerprint density at radius 2 is 1.74 bits per heavy atom. The number of non-ortho nitro benzene ring substituents is 1. The number of benzene rings is 3. The number of nitro groups is 1. The molecule has 0 aliphatic heterocycles. The number of hydrogen-bond acceptors (Lipinski definition) is 6. The van der Waals surface area contributed by atoms with Crippen LogP contribution in [-0.4, -0.2) is 37.1 Å². The van der Waals surface area contributed by atoms with E-state index in [1.54, 1.807) is 41.9 Å². The normalized spacial score (nSPS) is 11.8. The van der Waals surface area contributed by atoms with E-state index in [9.17, 15) is 29.6 Å². The summed E-state index contributed by atoms with van der Waals surface area (Å²) in [5.74, 6) is -2.00. The number of amides is 1. The second-order valence-corrected chi connectivity index (χ2v) is 9.45. The molecule has 0 saturated carbocycles. The molecule has 0 aliphatic rings. The number of halogens is 2. The molecule has 0 spiro atoms. The topological polar surface area (TPSA) is 136 Å². The van der Waals surface area contributed by atoms with Gasteiger partial charge in [-0.15, -0.1) is 0 Å². The fraction of sp³-hybridized carbons (Fsp3) is 0.120. The highest BCUT2D eigenvalue weighted by Gasteiger charge is 2.24. The minimum Gasteiger partial charge on any atom is -0.480 e. The number of aryl methyl sites for hydroxylation is 1. The standard InChI is InChI=1S/C25H18Cl2N4O6S/c1-29-20-10-9-15(31(36)37)12-16(20)23(33)30(25(29)38)14-7-5-13(6-8-14)11-19(24(34)35)28-22(32)21-17(26)3-2-4-18(21)27/h2-10,12,19H,11H2,1H3,(H,28,32)(H,34,35). The van der Waals surface area contributed by atoms with Gasteiger partial charge in [0, 0.05) is 25.6 Å². The summed E-state index contributed by atoms with van der Waals surface area (Å²) in [6, 6.07) is 13.5. The van der Waals surface area contributed by atoms with E-state index < -0.39 is 28.4 Å². The minimum absolute atomic E-state index is 0.0285. The first-order chi connectivity index (χ1) is 18.0. The van der Waals surface area contributed by atoms with Crippen LogP contribution >= 0.6 is 35.4 Å². The summed E-state index contributed by atoms with van der Waals surface area (Å²) in [5.41, 5.74) is 0.578. The molecule has 194 valence electrons. The van der Waals surface area contributed by atoms with E-state index in [2.05, 4.69) is 5.32 Å². The smallest absolute Gasteiger partial charge is 0.326 e. The van der Waals surface area contributed by atoms with E-state index in [-0.39, 0.29) is 37.9 Å². The Kier molecular flexibility index (Phi) is 7.63. The Bertz CT molecular complexity index is 1710. The maximum atomic E-state index is 13.3. The molecule has 10 nitrogen and oxygen atoms in total. The summed E-state index contributed by atoms with van der Waals surface area (Å²) in [5, 5.41) is 23.6. The minimum atomic E-state index is -1.29. The monoisotopic (exact) mass is 572 g/mol. The van der Waals surface area contributed by atoms with Gasteiger partial charge in [0.1, 0.15) is 6.04 Å². The third kappa shape index (κ3) is 5.17. The van der Waals surface area contributed by atoms with Crippen LogP contribution in [0.5, 0.6) is 0 Å². The van der Waals surface area contributed by atoms with Crippen LogP contribution in [0, 0.1) is 14.9 Å². The van der Waals surface area contributed by atoms with Crippen molar-refractivity contribution in [3.05, 3.63) is 107 Å². The number of nitrogens with one attached hydrogen (secondary N) is 1. The molecule has 2 N–H and O–H groups in total. The molecular weight excluding hydrogens is 555 g/mol. The number of rotatable bonds is 7. The van der Waals surface area contributed by atoms with E-state index in [1.165, 1.54) is 34.9 Å². The zero-order chi connectivity index (χ0) is 27.7. The maximum Gasteiger partial charge on any atom is 0.326 e. The number of nitrogens with zero attached hydrogens (tertiary/aromatic N) is 3. The predicted octanol–water partition coefficient (Wildman–Crippen LogP) is 4.70. The number of hydrogen-bond donors (Lipinski definition) is 2. The van der Waals surface area contributed by atoms with Gasteiger partial charge in [-0.25, -0.2) is 4.79 Å². The van der Waals surface area contributed by atoms with Crippen molar-refractivity contribution in [1.82, 2.24) is 14.5 Å². The van der Waals surface area contributed by atoms with E-state index in [0.717, 1.165) is 0 Å². The molecule has 1 unspecified atom stereocenters. The summed E-state index contributed by atoms with van der Waals surface area (Å²) in [7, 11) is 1.65. The Balaban J connectivity index is 1.65. The fourth-order valence-electron chi connectivity index (χ4n) is 3.95. The van der Waals surface area contributed by atoms with Gasteiger partial charge in [0.25, 0.3) is 17.2 Å². The maximum absolute atomic E-state index is 13.3. The third-order valence-electron chi connectivity index (χ3n) is 5.89. The second kappa shape index (κ2) is 10.7. The molecule has 13 heteroatoms. The molecule has 0 bridgehead atoms.